The summed E-state index contributed by atoms with van der Waals surface area (Å²) in [4.78, 5) is 12.5. The van der Waals surface area contributed by atoms with Gasteiger partial charge < -0.3 is 25.4 Å². The number of carbonyl (C=O) groups excluding carboxylic acids is 1. The van der Waals surface area contributed by atoms with E-state index in [2.05, 4.69) is 5.32 Å². The molecular formula is C10H20N2O5. The molecule has 1 aliphatic rings. The zero-order valence-electron chi connectivity index (χ0n) is 10.0. The highest BCUT2D eigenvalue weighted by Gasteiger charge is 2.37. The van der Waals surface area contributed by atoms with Crippen LogP contribution in [0, 0.1) is 0 Å². The monoisotopic (exact) mass is 248 g/mol. The lowest BCUT2D eigenvalue weighted by molar-refractivity contribution is -0.146. The molecule has 17 heavy (non-hydrogen) atoms. The molecule has 4 N–H and O–H groups in total. The van der Waals surface area contributed by atoms with Gasteiger partial charge in [0.2, 0.25) is 5.91 Å². The van der Waals surface area contributed by atoms with Crippen molar-refractivity contribution < 1.29 is 24.9 Å². The van der Waals surface area contributed by atoms with Crippen molar-refractivity contribution in [2.75, 3.05) is 13.7 Å². The largest absolute Gasteiger partial charge is 0.394 e. The second-order valence-electron chi connectivity index (χ2n) is 4.08. The van der Waals surface area contributed by atoms with Crippen molar-refractivity contribution >= 4 is 5.91 Å². The van der Waals surface area contributed by atoms with Gasteiger partial charge >= 0.3 is 0 Å². The van der Waals surface area contributed by atoms with Crippen molar-refractivity contribution in [1.82, 2.24) is 10.2 Å². The summed E-state index contributed by atoms with van der Waals surface area (Å²) in [6.45, 7) is 1.41. The number of aliphatic hydroxyl groups is 3. The molecule has 0 aromatic carbocycles. The number of hydrogen-bond acceptors (Lipinski definition) is 6. The second kappa shape index (κ2) is 6.27. The molecule has 7 nitrogen and oxygen atoms in total. The van der Waals surface area contributed by atoms with Crippen molar-refractivity contribution in [3.8, 4) is 0 Å². The fourth-order valence-corrected chi connectivity index (χ4v) is 1.64. The topological polar surface area (TPSA) is 102 Å². The molecule has 1 amide bonds. The minimum Gasteiger partial charge on any atom is -0.394 e. The van der Waals surface area contributed by atoms with E-state index < -0.39 is 24.8 Å². The normalized spacial score (nSPS) is 30.6. The number of nitrogens with one attached hydrogen (secondary N) is 1. The fourth-order valence-electron chi connectivity index (χ4n) is 1.64. The van der Waals surface area contributed by atoms with Gasteiger partial charge in [-0.15, -0.1) is 0 Å². The molecule has 7 heteroatoms. The summed E-state index contributed by atoms with van der Waals surface area (Å²) in [6, 6.07) is 0. The highest BCUT2D eigenvalue weighted by atomic mass is 16.5. The van der Waals surface area contributed by atoms with E-state index in [1.54, 1.807) is 14.0 Å². The Morgan fingerprint density at radius 1 is 1.65 bits per heavy atom. The van der Waals surface area contributed by atoms with Crippen LogP contribution in [0.4, 0.5) is 0 Å². The SMILES string of the molecule is CCC(=O)NC(O)N(C)C1CC(O)C(CO)O1. The van der Waals surface area contributed by atoms with E-state index in [4.69, 9.17) is 9.84 Å². The lowest BCUT2D eigenvalue weighted by Crippen LogP contribution is -2.50. The average molecular weight is 248 g/mol. The van der Waals surface area contributed by atoms with Crippen molar-refractivity contribution in [2.45, 2.75) is 44.6 Å². The van der Waals surface area contributed by atoms with Gasteiger partial charge in [0, 0.05) is 12.8 Å². The standard InChI is InChI=1S/C10H20N2O5/c1-3-8(15)11-10(16)12(2)9-4-6(14)7(5-13)17-9/h6-7,9-10,13-14,16H,3-5H2,1-2H3,(H,11,15). The van der Waals surface area contributed by atoms with Gasteiger partial charge in [-0.2, -0.15) is 0 Å². The number of aliphatic hydroxyl groups excluding tert-OH is 3. The molecule has 0 saturated carbocycles. The summed E-state index contributed by atoms with van der Waals surface area (Å²) in [5.74, 6) is -0.276. The third-order valence-electron chi connectivity index (χ3n) is 2.84. The van der Waals surface area contributed by atoms with Crippen LogP contribution < -0.4 is 5.32 Å². The van der Waals surface area contributed by atoms with E-state index in [-0.39, 0.29) is 25.4 Å². The molecule has 0 bridgehead atoms. The fraction of sp³-hybridized carbons (Fsp3) is 0.900. The zero-order chi connectivity index (χ0) is 13.0. The van der Waals surface area contributed by atoms with Crippen LogP contribution in [-0.4, -0.2) is 64.6 Å². The number of rotatable bonds is 5. The quantitative estimate of drug-likeness (QED) is 0.428. The number of carbonyl (C=O) groups is 1. The lowest BCUT2D eigenvalue weighted by atomic mass is 10.2. The maximum Gasteiger partial charge on any atom is 0.222 e. The van der Waals surface area contributed by atoms with Crippen molar-refractivity contribution in [3.05, 3.63) is 0 Å². The smallest absolute Gasteiger partial charge is 0.222 e. The molecule has 1 aliphatic heterocycles. The van der Waals surface area contributed by atoms with Crippen LogP contribution in [0.25, 0.3) is 0 Å². The van der Waals surface area contributed by atoms with Gasteiger partial charge in [0.05, 0.1) is 12.7 Å². The molecule has 0 spiro atoms. The summed E-state index contributed by atoms with van der Waals surface area (Å²) in [7, 11) is 1.57. The Morgan fingerprint density at radius 2 is 2.29 bits per heavy atom. The molecule has 0 aliphatic carbocycles. The summed E-state index contributed by atoms with van der Waals surface area (Å²) >= 11 is 0. The van der Waals surface area contributed by atoms with Crippen LogP contribution in [0.5, 0.6) is 0 Å². The predicted octanol–water partition coefficient (Wildman–Crippen LogP) is -1.81. The molecule has 1 saturated heterocycles. The highest BCUT2D eigenvalue weighted by molar-refractivity contribution is 5.75. The molecule has 1 rings (SSSR count). The molecule has 0 radical (unpaired) electrons. The Labute approximate surface area is 100.0 Å². The maximum absolute atomic E-state index is 11.1. The lowest BCUT2D eigenvalue weighted by Gasteiger charge is -2.29. The number of nitrogens with zero attached hydrogens (tertiary/aromatic N) is 1. The van der Waals surface area contributed by atoms with Crippen LogP contribution in [0.3, 0.4) is 0 Å². The van der Waals surface area contributed by atoms with Gasteiger partial charge in [-0.3, -0.25) is 4.79 Å². The van der Waals surface area contributed by atoms with E-state index in [9.17, 15) is 15.0 Å². The Hall–Kier alpha value is -0.730. The van der Waals surface area contributed by atoms with E-state index in [1.165, 1.54) is 4.90 Å². The van der Waals surface area contributed by atoms with Crippen LogP contribution >= 0.6 is 0 Å². The first kappa shape index (κ1) is 14.3. The predicted molar refractivity (Wildman–Crippen MR) is 58.6 cm³/mol. The zero-order valence-corrected chi connectivity index (χ0v) is 10.0. The van der Waals surface area contributed by atoms with Gasteiger partial charge in [-0.25, -0.2) is 4.90 Å². The molecule has 100 valence electrons. The molecular weight excluding hydrogens is 228 g/mol. The summed E-state index contributed by atoms with van der Waals surface area (Å²) < 4.78 is 5.34. The summed E-state index contributed by atoms with van der Waals surface area (Å²) in [5.41, 5.74) is 0. The first-order valence-electron chi connectivity index (χ1n) is 5.63. The van der Waals surface area contributed by atoms with Crippen molar-refractivity contribution in [1.29, 1.82) is 0 Å². The Morgan fingerprint density at radius 3 is 2.76 bits per heavy atom. The molecule has 1 heterocycles. The summed E-state index contributed by atoms with van der Waals surface area (Å²) in [5, 5.41) is 30.5. The van der Waals surface area contributed by atoms with Crippen LogP contribution in [0.2, 0.25) is 0 Å². The second-order valence-corrected chi connectivity index (χ2v) is 4.08. The molecule has 4 atom stereocenters. The third kappa shape index (κ3) is 3.62. The van der Waals surface area contributed by atoms with E-state index in [0.717, 1.165) is 0 Å². The Kier molecular flexibility index (Phi) is 5.29. The Bertz CT molecular complexity index is 263. The van der Waals surface area contributed by atoms with Gasteiger partial charge in [0.1, 0.15) is 12.3 Å². The first-order valence-corrected chi connectivity index (χ1v) is 5.63. The van der Waals surface area contributed by atoms with Gasteiger partial charge in [-0.1, -0.05) is 6.92 Å². The highest BCUT2D eigenvalue weighted by Crippen LogP contribution is 2.22. The Balaban J connectivity index is 2.47. The van der Waals surface area contributed by atoms with Crippen molar-refractivity contribution in [2.24, 2.45) is 0 Å². The van der Waals surface area contributed by atoms with E-state index in [1.807, 2.05) is 0 Å². The van der Waals surface area contributed by atoms with Crippen molar-refractivity contribution in [3.63, 3.8) is 0 Å². The van der Waals surface area contributed by atoms with Gasteiger partial charge in [0.25, 0.3) is 0 Å². The number of amides is 1. The molecule has 1 fully saturated rings. The number of hydrogen-bond donors (Lipinski definition) is 4. The van der Waals surface area contributed by atoms with E-state index >= 15 is 0 Å². The van der Waals surface area contributed by atoms with Crippen LogP contribution in [-0.2, 0) is 9.53 Å². The minimum absolute atomic E-state index is 0.275. The van der Waals surface area contributed by atoms with Gasteiger partial charge in [0.15, 0.2) is 6.35 Å². The molecule has 0 aromatic heterocycles. The third-order valence-corrected chi connectivity index (χ3v) is 2.84. The first-order chi connectivity index (χ1) is 7.99. The van der Waals surface area contributed by atoms with E-state index in [0.29, 0.717) is 0 Å². The number of ether oxygens (including phenoxy) is 1. The molecule has 4 unspecified atom stereocenters. The van der Waals surface area contributed by atoms with Crippen LogP contribution in [0.1, 0.15) is 19.8 Å². The maximum atomic E-state index is 11.1. The molecule has 0 aromatic rings. The summed E-state index contributed by atoms with van der Waals surface area (Å²) in [6.07, 6.45) is -2.55. The van der Waals surface area contributed by atoms with Crippen LogP contribution in [0.15, 0.2) is 0 Å². The minimum atomic E-state index is -1.17. The van der Waals surface area contributed by atoms with Gasteiger partial charge in [-0.05, 0) is 7.05 Å². The average Bonchev–Trinajstić information content (AvgIpc) is 2.69.